The Morgan fingerprint density at radius 2 is 1.60 bits per heavy atom. The zero-order valence-corrected chi connectivity index (χ0v) is 11.5. The van der Waals surface area contributed by atoms with Crippen LogP contribution in [0.5, 0.6) is 5.75 Å². The lowest BCUT2D eigenvalue weighted by atomic mass is 10.0. The van der Waals surface area contributed by atoms with Gasteiger partial charge in [-0.3, -0.25) is 0 Å². The highest BCUT2D eigenvalue weighted by atomic mass is 19.2. The maximum Gasteiger partial charge on any atom is 0.201 e. The maximum atomic E-state index is 14.0. The van der Waals surface area contributed by atoms with Gasteiger partial charge in [-0.1, -0.05) is 24.3 Å². The molecule has 0 aromatic heterocycles. The lowest BCUT2D eigenvalue weighted by molar-refractivity contribution is 0.202. The van der Waals surface area contributed by atoms with Gasteiger partial charge in [0.1, 0.15) is 0 Å². The van der Waals surface area contributed by atoms with Crippen LogP contribution < -0.4 is 4.74 Å². The van der Waals surface area contributed by atoms with Crippen LogP contribution >= 0.6 is 0 Å². The number of hydrogen-bond donors (Lipinski definition) is 0. The van der Waals surface area contributed by atoms with E-state index in [4.69, 9.17) is 9.47 Å². The predicted molar refractivity (Wildman–Crippen MR) is 73.9 cm³/mol. The molecule has 0 bridgehead atoms. The summed E-state index contributed by atoms with van der Waals surface area (Å²) in [5.74, 6) is -1.95. The van der Waals surface area contributed by atoms with Crippen molar-refractivity contribution in [3.63, 3.8) is 0 Å². The lowest BCUT2D eigenvalue weighted by Gasteiger charge is -2.08. The number of hydrogen-bond acceptors (Lipinski definition) is 2. The van der Waals surface area contributed by atoms with Crippen molar-refractivity contribution in [2.75, 3.05) is 20.8 Å². The van der Waals surface area contributed by atoms with E-state index in [0.29, 0.717) is 12.2 Å². The van der Waals surface area contributed by atoms with E-state index in [2.05, 4.69) is 0 Å². The van der Waals surface area contributed by atoms with Gasteiger partial charge in [-0.2, -0.15) is 4.39 Å². The molecule has 106 valence electrons. The van der Waals surface area contributed by atoms with Crippen LogP contribution in [-0.2, 0) is 11.2 Å². The van der Waals surface area contributed by atoms with E-state index in [0.717, 1.165) is 12.0 Å². The molecule has 2 aromatic rings. The summed E-state index contributed by atoms with van der Waals surface area (Å²) in [4.78, 5) is 0. The normalized spacial score (nSPS) is 10.6. The molecule has 0 saturated heterocycles. The van der Waals surface area contributed by atoms with Crippen molar-refractivity contribution in [3.05, 3.63) is 53.6 Å². The highest BCUT2D eigenvalue weighted by Crippen LogP contribution is 2.29. The summed E-state index contributed by atoms with van der Waals surface area (Å²) in [7, 11) is 2.95. The highest BCUT2D eigenvalue weighted by molar-refractivity contribution is 5.65. The lowest BCUT2D eigenvalue weighted by Crippen LogP contribution is -1.96. The van der Waals surface area contributed by atoms with E-state index in [9.17, 15) is 8.78 Å². The molecule has 0 unspecified atom stereocenters. The number of halogens is 2. The van der Waals surface area contributed by atoms with Gasteiger partial charge in [-0.25, -0.2) is 4.39 Å². The minimum Gasteiger partial charge on any atom is -0.494 e. The number of methoxy groups -OCH3 is 2. The first-order valence-electron chi connectivity index (χ1n) is 6.27. The second kappa shape index (κ2) is 6.48. The van der Waals surface area contributed by atoms with Crippen LogP contribution in [0.25, 0.3) is 11.1 Å². The molecule has 0 aliphatic carbocycles. The smallest absolute Gasteiger partial charge is 0.201 e. The first kappa shape index (κ1) is 14.5. The van der Waals surface area contributed by atoms with Gasteiger partial charge < -0.3 is 9.47 Å². The summed E-state index contributed by atoms with van der Waals surface area (Å²) in [6.07, 6.45) is 0.788. The van der Waals surface area contributed by atoms with E-state index in [-0.39, 0.29) is 11.3 Å². The fourth-order valence-electron chi connectivity index (χ4n) is 1.98. The van der Waals surface area contributed by atoms with Crippen LogP contribution in [0.15, 0.2) is 36.4 Å². The fraction of sp³-hybridized carbons (Fsp3) is 0.250. The third-order valence-corrected chi connectivity index (χ3v) is 3.13. The van der Waals surface area contributed by atoms with Crippen molar-refractivity contribution in [2.24, 2.45) is 0 Å². The van der Waals surface area contributed by atoms with Crippen LogP contribution in [0.4, 0.5) is 8.78 Å². The first-order valence-corrected chi connectivity index (χ1v) is 6.27. The van der Waals surface area contributed by atoms with Gasteiger partial charge in [-0.15, -0.1) is 0 Å². The quantitative estimate of drug-likeness (QED) is 0.827. The number of benzene rings is 2. The van der Waals surface area contributed by atoms with Crippen LogP contribution in [0.1, 0.15) is 5.56 Å². The fourth-order valence-corrected chi connectivity index (χ4v) is 1.98. The molecule has 2 rings (SSSR count). The Kier molecular flexibility index (Phi) is 4.69. The van der Waals surface area contributed by atoms with Gasteiger partial charge in [0.15, 0.2) is 11.6 Å². The summed E-state index contributed by atoms with van der Waals surface area (Å²) in [5.41, 5.74) is 1.94. The van der Waals surface area contributed by atoms with Crippen molar-refractivity contribution in [2.45, 2.75) is 6.42 Å². The van der Waals surface area contributed by atoms with E-state index in [1.807, 2.05) is 12.1 Å². The molecular formula is C16H16F2O2. The molecule has 2 nitrogen and oxygen atoms in total. The Balaban J connectivity index is 2.30. The highest BCUT2D eigenvalue weighted by Gasteiger charge is 2.14. The molecule has 0 N–H and O–H groups in total. The van der Waals surface area contributed by atoms with Crippen molar-refractivity contribution in [1.82, 2.24) is 0 Å². The molecule has 2 aromatic carbocycles. The van der Waals surface area contributed by atoms with Gasteiger partial charge in [0.2, 0.25) is 5.82 Å². The Morgan fingerprint density at radius 1 is 0.900 bits per heavy atom. The Hall–Kier alpha value is -1.94. The van der Waals surface area contributed by atoms with Crippen LogP contribution in [0.3, 0.4) is 0 Å². The third-order valence-electron chi connectivity index (χ3n) is 3.13. The van der Waals surface area contributed by atoms with Crippen molar-refractivity contribution in [1.29, 1.82) is 0 Å². The standard InChI is InChI=1S/C16H16F2O2/c1-19-10-9-11-3-5-12(6-4-11)13-7-8-14(20-2)16(18)15(13)17/h3-8H,9-10H2,1-2H3. The minimum atomic E-state index is -0.964. The maximum absolute atomic E-state index is 14.0. The van der Waals surface area contributed by atoms with Gasteiger partial charge in [0.05, 0.1) is 13.7 Å². The molecule has 0 amide bonds. The number of ether oxygens (including phenoxy) is 2. The van der Waals surface area contributed by atoms with Crippen molar-refractivity contribution >= 4 is 0 Å². The van der Waals surface area contributed by atoms with Crippen molar-refractivity contribution in [3.8, 4) is 16.9 Å². The van der Waals surface area contributed by atoms with Crippen LogP contribution in [0.2, 0.25) is 0 Å². The summed E-state index contributed by atoms with van der Waals surface area (Å²) in [6, 6.07) is 10.3. The SMILES string of the molecule is COCCc1ccc(-c2ccc(OC)c(F)c2F)cc1. The van der Waals surface area contributed by atoms with E-state index < -0.39 is 11.6 Å². The van der Waals surface area contributed by atoms with E-state index >= 15 is 0 Å². The molecule has 0 heterocycles. The van der Waals surface area contributed by atoms with Gasteiger partial charge in [0.25, 0.3) is 0 Å². The number of rotatable bonds is 5. The monoisotopic (exact) mass is 278 g/mol. The largest absolute Gasteiger partial charge is 0.494 e. The predicted octanol–water partition coefficient (Wildman–Crippen LogP) is 3.83. The molecule has 0 aliphatic rings. The molecule has 4 heteroatoms. The van der Waals surface area contributed by atoms with Crippen LogP contribution in [0, 0.1) is 11.6 Å². The average Bonchev–Trinajstić information content (AvgIpc) is 2.48. The summed E-state index contributed by atoms with van der Waals surface area (Å²) in [5, 5.41) is 0. The first-order chi connectivity index (χ1) is 9.67. The molecule has 0 atom stereocenters. The topological polar surface area (TPSA) is 18.5 Å². The van der Waals surface area contributed by atoms with Crippen LogP contribution in [-0.4, -0.2) is 20.8 Å². The minimum absolute atomic E-state index is 0.0945. The summed E-state index contributed by atoms with van der Waals surface area (Å²) < 4.78 is 37.4. The summed E-state index contributed by atoms with van der Waals surface area (Å²) >= 11 is 0. The molecular weight excluding hydrogens is 262 g/mol. The molecule has 0 fully saturated rings. The average molecular weight is 278 g/mol. The molecule has 20 heavy (non-hydrogen) atoms. The Labute approximate surface area is 117 Å². The van der Waals surface area contributed by atoms with Crippen molar-refractivity contribution < 1.29 is 18.3 Å². The molecule has 0 aliphatic heterocycles. The van der Waals surface area contributed by atoms with E-state index in [1.165, 1.54) is 19.2 Å². The third kappa shape index (κ3) is 2.96. The Morgan fingerprint density at radius 3 is 2.20 bits per heavy atom. The zero-order chi connectivity index (χ0) is 14.5. The zero-order valence-electron chi connectivity index (χ0n) is 11.5. The molecule has 0 radical (unpaired) electrons. The molecule has 0 saturated carbocycles. The second-order valence-corrected chi connectivity index (χ2v) is 4.38. The van der Waals surface area contributed by atoms with E-state index in [1.54, 1.807) is 19.2 Å². The van der Waals surface area contributed by atoms with Gasteiger partial charge >= 0.3 is 0 Å². The van der Waals surface area contributed by atoms with Gasteiger partial charge in [0, 0.05) is 12.7 Å². The summed E-state index contributed by atoms with van der Waals surface area (Å²) in [6.45, 7) is 0.630. The Bertz CT molecular complexity index is 580. The second-order valence-electron chi connectivity index (χ2n) is 4.38. The molecule has 0 spiro atoms. The van der Waals surface area contributed by atoms with Gasteiger partial charge in [-0.05, 0) is 29.7 Å².